The van der Waals surface area contributed by atoms with Crippen LogP contribution >= 0.6 is 23.4 Å². The molecule has 3 rings (SSSR count). The first-order chi connectivity index (χ1) is 12.2. The molecule has 1 nitrogen and oxygen atoms in total. The van der Waals surface area contributed by atoms with Crippen molar-refractivity contribution >= 4 is 34.8 Å². The normalized spacial score (nSPS) is 11.8. The molecule has 0 aromatic heterocycles. The van der Waals surface area contributed by atoms with Gasteiger partial charge in [0.1, 0.15) is 5.82 Å². The van der Waals surface area contributed by atoms with Gasteiger partial charge in [0.05, 0.1) is 11.4 Å². The van der Waals surface area contributed by atoms with Gasteiger partial charge in [0.25, 0.3) is 0 Å². The molecule has 3 aromatic rings. The third-order valence-electron chi connectivity index (χ3n) is 3.38. The predicted octanol–water partition coefficient (Wildman–Crippen LogP) is 6.91. The van der Waals surface area contributed by atoms with Gasteiger partial charge in [-0.3, -0.25) is 0 Å². The van der Waals surface area contributed by atoms with Crippen LogP contribution in [0.1, 0.15) is 5.56 Å². The molecular weight excluding hydrogens is 353 g/mol. The van der Waals surface area contributed by atoms with Crippen LogP contribution in [0.4, 0.5) is 10.1 Å². The van der Waals surface area contributed by atoms with Crippen molar-refractivity contribution in [3.05, 3.63) is 107 Å². The van der Waals surface area contributed by atoms with E-state index in [-0.39, 0.29) is 5.82 Å². The first-order valence-electron chi connectivity index (χ1n) is 7.70. The van der Waals surface area contributed by atoms with Crippen molar-refractivity contribution in [3.8, 4) is 0 Å². The molecular formula is C21H15ClFNS. The minimum atomic E-state index is -0.235. The van der Waals surface area contributed by atoms with E-state index in [0.29, 0.717) is 9.92 Å². The molecule has 124 valence electrons. The molecule has 0 aliphatic rings. The summed E-state index contributed by atoms with van der Waals surface area (Å²) in [6, 6.07) is 23.9. The lowest BCUT2D eigenvalue weighted by Crippen LogP contribution is -1.96. The van der Waals surface area contributed by atoms with Gasteiger partial charge in [-0.1, -0.05) is 65.8 Å². The van der Waals surface area contributed by atoms with E-state index in [4.69, 9.17) is 11.6 Å². The Kier molecular flexibility index (Phi) is 6.04. The fourth-order valence-corrected chi connectivity index (χ4v) is 3.07. The summed E-state index contributed by atoms with van der Waals surface area (Å²) < 4.78 is 13.7. The number of hydrogen-bond donors (Lipinski definition) is 0. The highest BCUT2D eigenvalue weighted by Gasteiger charge is 2.03. The molecule has 0 aliphatic heterocycles. The average molecular weight is 368 g/mol. The zero-order valence-electron chi connectivity index (χ0n) is 13.3. The third-order valence-corrected chi connectivity index (χ3v) is 4.48. The third kappa shape index (κ3) is 5.05. The Balaban J connectivity index is 1.90. The SMILES string of the molecule is Fc1ccccc1SC=CC(=Nc1ccccc1)c1cccc(Cl)c1. The summed E-state index contributed by atoms with van der Waals surface area (Å²) in [5, 5.41) is 2.48. The lowest BCUT2D eigenvalue weighted by molar-refractivity contribution is 0.602. The van der Waals surface area contributed by atoms with Crippen molar-refractivity contribution < 1.29 is 4.39 Å². The molecule has 4 heteroatoms. The summed E-state index contributed by atoms with van der Waals surface area (Å²) in [6.45, 7) is 0. The van der Waals surface area contributed by atoms with E-state index in [1.54, 1.807) is 12.1 Å². The predicted molar refractivity (Wildman–Crippen MR) is 105 cm³/mol. The number of halogens is 2. The molecule has 3 aromatic carbocycles. The molecule has 0 amide bonds. The van der Waals surface area contributed by atoms with Gasteiger partial charge in [-0.15, -0.1) is 0 Å². The van der Waals surface area contributed by atoms with Gasteiger partial charge in [-0.2, -0.15) is 0 Å². The number of allylic oxidation sites excluding steroid dienone is 1. The molecule has 0 N–H and O–H groups in total. The monoisotopic (exact) mass is 367 g/mol. The van der Waals surface area contributed by atoms with Crippen molar-refractivity contribution in [1.82, 2.24) is 0 Å². The molecule has 0 unspecified atom stereocenters. The van der Waals surface area contributed by atoms with Gasteiger partial charge < -0.3 is 0 Å². The van der Waals surface area contributed by atoms with Crippen LogP contribution in [0.5, 0.6) is 0 Å². The summed E-state index contributed by atoms with van der Waals surface area (Å²) in [7, 11) is 0. The minimum Gasteiger partial charge on any atom is -0.248 e. The number of nitrogens with zero attached hydrogens (tertiary/aromatic N) is 1. The van der Waals surface area contributed by atoms with Crippen LogP contribution in [0.25, 0.3) is 0 Å². The lowest BCUT2D eigenvalue weighted by Gasteiger charge is -2.04. The van der Waals surface area contributed by atoms with Crippen molar-refractivity contribution in [2.24, 2.45) is 4.99 Å². The molecule has 25 heavy (non-hydrogen) atoms. The number of rotatable bonds is 5. The Hall–Kier alpha value is -2.36. The Morgan fingerprint density at radius 3 is 2.44 bits per heavy atom. The largest absolute Gasteiger partial charge is 0.248 e. The van der Waals surface area contributed by atoms with E-state index >= 15 is 0 Å². The summed E-state index contributed by atoms with van der Waals surface area (Å²) in [6.07, 6.45) is 1.87. The fourth-order valence-electron chi connectivity index (χ4n) is 2.20. The van der Waals surface area contributed by atoms with Crippen LogP contribution in [0.3, 0.4) is 0 Å². The minimum absolute atomic E-state index is 0.235. The van der Waals surface area contributed by atoms with E-state index in [9.17, 15) is 4.39 Å². The molecule has 0 saturated heterocycles. The van der Waals surface area contributed by atoms with Crippen LogP contribution in [0.2, 0.25) is 5.02 Å². The summed E-state index contributed by atoms with van der Waals surface area (Å²) >= 11 is 7.42. The van der Waals surface area contributed by atoms with Crippen LogP contribution in [0, 0.1) is 5.82 Å². The molecule has 0 spiro atoms. The average Bonchev–Trinajstić information content (AvgIpc) is 2.63. The van der Waals surface area contributed by atoms with Gasteiger partial charge in [0, 0.05) is 15.5 Å². The summed E-state index contributed by atoms with van der Waals surface area (Å²) in [4.78, 5) is 5.26. The molecule has 0 saturated carbocycles. The number of thioether (sulfide) groups is 1. The highest BCUT2D eigenvalue weighted by molar-refractivity contribution is 8.02. The van der Waals surface area contributed by atoms with E-state index in [2.05, 4.69) is 4.99 Å². The molecule has 0 fully saturated rings. The first kappa shape index (κ1) is 17.5. The quantitative estimate of drug-likeness (QED) is 0.352. The summed E-state index contributed by atoms with van der Waals surface area (Å²) in [5.41, 5.74) is 2.51. The lowest BCUT2D eigenvalue weighted by atomic mass is 10.1. The Morgan fingerprint density at radius 2 is 1.68 bits per heavy atom. The fraction of sp³-hybridized carbons (Fsp3) is 0. The zero-order valence-corrected chi connectivity index (χ0v) is 14.8. The molecule has 0 radical (unpaired) electrons. The Morgan fingerprint density at radius 1 is 0.920 bits per heavy atom. The van der Waals surface area contributed by atoms with Crippen molar-refractivity contribution in [3.63, 3.8) is 0 Å². The van der Waals surface area contributed by atoms with E-state index in [1.807, 2.05) is 72.1 Å². The van der Waals surface area contributed by atoms with Crippen LogP contribution in [-0.2, 0) is 0 Å². The summed E-state index contributed by atoms with van der Waals surface area (Å²) in [5.74, 6) is -0.235. The molecule has 0 heterocycles. The highest BCUT2D eigenvalue weighted by Crippen LogP contribution is 2.23. The van der Waals surface area contributed by atoms with Crippen LogP contribution in [-0.4, -0.2) is 5.71 Å². The highest BCUT2D eigenvalue weighted by atomic mass is 35.5. The van der Waals surface area contributed by atoms with E-state index in [1.165, 1.54) is 17.8 Å². The van der Waals surface area contributed by atoms with Crippen molar-refractivity contribution in [1.29, 1.82) is 0 Å². The molecule has 0 aliphatic carbocycles. The van der Waals surface area contributed by atoms with Gasteiger partial charge >= 0.3 is 0 Å². The molecule has 0 atom stereocenters. The molecule has 0 bridgehead atoms. The topological polar surface area (TPSA) is 12.4 Å². The van der Waals surface area contributed by atoms with E-state index in [0.717, 1.165) is 17.0 Å². The van der Waals surface area contributed by atoms with Gasteiger partial charge in [-0.05, 0) is 47.9 Å². The Labute approximate surface area is 155 Å². The first-order valence-corrected chi connectivity index (χ1v) is 8.95. The maximum atomic E-state index is 13.7. The van der Waals surface area contributed by atoms with Crippen molar-refractivity contribution in [2.75, 3.05) is 0 Å². The van der Waals surface area contributed by atoms with E-state index < -0.39 is 0 Å². The van der Waals surface area contributed by atoms with Gasteiger partial charge in [0.2, 0.25) is 0 Å². The second-order valence-electron chi connectivity index (χ2n) is 5.19. The maximum Gasteiger partial charge on any atom is 0.137 e. The number of benzene rings is 3. The van der Waals surface area contributed by atoms with Crippen molar-refractivity contribution in [2.45, 2.75) is 4.90 Å². The Bertz CT molecular complexity index is 907. The maximum absolute atomic E-state index is 13.7. The van der Waals surface area contributed by atoms with Gasteiger partial charge in [0.15, 0.2) is 0 Å². The zero-order chi connectivity index (χ0) is 17.5. The van der Waals surface area contributed by atoms with Gasteiger partial charge in [-0.25, -0.2) is 9.38 Å². The second kappa shape index (κ2) is 8.65. The van der Waals surface area contributed by atoms with Crippen LogP contribution in [0.15, 0.2) is 100 Å². The van der Waals surface area contributed by atoms with Crippen LogP contribution < -0.4 is 0 Å². The number of para-hydroxylation sites is 1. The second-order valence-corrected chi connectivity index (χ2v) is 6.58. The smallest absolute Gasteiger partial charge is 0.137 e. The number of hydrogen-bond acceptors (Lipinski definition) is 2. The number of aliphatic imine (C=N–C) groups is 1. The standard InChI is InChI=1S/C21H15ClFNS/c22-17-8-6-7-16(15-17)20(24-18-9-2-1-3-10-18)13-14-25-21-12-5-4-11-19(21)23/h1-15H.